The van der Waals surface area contributed by atoms with Gasteiger partial charge in [0.2, 0.25) is 0 Å². The first-order valence-corrected chi connectivity index (χ1v) is 3.81. The molecule has 0 amide bonds. The number of fused-ring (bicyclic) bond motifs is 1. The Bertz CT molecular complexity index is 426. The zero-order chi connectivity index (χ0) is 8.55. The molecular weight excluding hydrogens is 172 g/mol. The molecule has 2 aromatic rings. The number of rotatable bonds is 0. The summed E-state index contributed by atoms with van der Waals surface area (Å²) in [5, 5.41) is 1.44. The van der Waals surface area contributed by atoms with Gasteiger partial charge in [-0.2, -0.15) is 0 Å². The van der Waals surface area contributed by atoms with Gasteiger partial charge < -0.3 is 0 Å². The lowest BCUT2D eigenvalue weighted by molar-refractivity contribution is 1.19. The zero-order valence-corrected chi connectivity index (χ0v) is 6.92. The molecule has 0 saturated heterocycles. The van der Waals surface area contributed by atoms with Crippen LogP contribution in [0.15, 0.2) is 24.5 Å². The Balaban J connectivity index is 2.88. The molecule has 0 saturated carbocycles. The van der Waals surface area contributed by atoms with E-state index >= 15 is 0 Å². The molecular formula is C9H5ClN2. The van der Waals surface area contributed by atoms with Crippen molar-refractivity contribution >= 4 is 22.5 Å². The fourth-order valence-electron chi connectivity index (χ4n) is 1.05. The fourth-order valence-corrected chi connectivity index (χ4v) is 1.22. The van der Waals surface area contributed by atoms with E-state index in [9.17, 15) is 0 Å². The largest absolute Gasteiger partial charge is 0.240 e. The number of halogens is 1. The monoisotopic (exact) mass is 176 g/mol. The van der Waals surface area contributed by atoms with Crippen molar-refractivity contribution in [3.05, 3.63) is 42.2 Å². The Hall–Kier alpha value is -1.15. The molecule has 0 spiro atoms. The topological polar surface area (TPSA) is 25.8 Å². The highest BCUT2D eigenvalue weighted by Crippen LogP contribution is 2.18. The number of nitrogens with zero attached hydrogens (tertiary/aromatic N) is 2. The Morgan fingerprint density at radius 2 is 2.08 bits per heavy atom. The first-order valence-electron chi connectivity index (χ1n) is 3.43. The summed E-state index contributed by atoms with van der Waals surface area (Å²) in [6.45, 7) is 5.62. The minimum atomic E-state index is 0.461. The van der Waals surface area contributed by atoms with Crippen LogP contribution in [0.1, 0.15) is 5.69 Å². The lowest BCUT2D eigenvalue weighted by Crippen LogP contribution is -1.86. The molecule has 58 valence electrons. The molecule has 0 aliphatic carbocycles. The van der Waals surface area contributed by atoms with Crippen LogP contribution in [-0.2, 0) is 0 Å². The number of hydrogen-bond donors (Lipinski definition) is 0. The van der Waals surface area contributed by atoms with Gasteiger partial charge in [-0.25, -0.2) is 9.97 Å². The van der Waals surface area contributed by atoms with E-state index < -0.39 is 0 Å². The average molecular weight is 177 g/mol. The molecule has 3 heteroatoms. The van der Waals surface area contributed by atoms with Gasteiger partial charge in [-0.3, -0.25) is 0 Å². The summed E-state index contributed by atoms with van der Waals surface area (Å²) in [6, 6.07) is 5.35. The quantitative estimate of drug-likeness (QED) is 0.616. The van der Waals surface area contributed by atoms with Crippen molar-refractivity contribution in [2.75, 3.05) is 0 Å². The molecule has 0 atom stereocenters. The lowest BCUT2D eigenvalue weighted by Gasteiger charge is -1.98. The first-order chi connectivity index (χ1) is 5.77. The minimum Gasteiger partial charge on any atom is -0.240 e. The molecule has 0 bridgehead atoms. The maximum Gasteiger partial charge on any atom is 0.116 e. The van der Waals surface area contributed by atoms with Crippen LogP contribution in [0.2, 0.25) is 5.02 Å². The van der Waals surface area contributed by atoms with Crippen LogP contribution in [0.5, 0.6) is 0 Å². The summed E-state index contributed by atoms with van der Waals surface area (Å²) in [5.41, 5.74) is 1.27. The SMILES string of the molecule is [CH]c1ncnc2ccc(Cl)cc12. The summed E-state index contributed by atoms with van der Waals surface area (Å²) in [7, 11) is 0. The highest BCUT2D eigenvalue weighted by molar-refractivity contribution is 6.31. The highest BCUT2D eigenvalue weighted by Gasteiger charge is 1.98. The third-order valence-corrected chi connectivity index (χ3v) is 1.86. The Morgan fingerprint density at radius 1 is 1.25 bits per heavy atom. The second-order valence-electron chi connectivity index (χ2n) is 2.42. The van der Waals surface area contributed by atoms with Crippen molar-refractivity contribution in [3.63, 3.8) is 0 Å². The molecule has 2 nitrogen and oxygen atoms in total. The third-order valence-electron chi connectivity index (χ3n) is 1.63. The van der Waals surface area contributed by atoms with Crippen molar-refractivity contribution in [1.29, 1.82) is 0 Å². The van der Waals surface area contributed by atoms with Gasteiger partial charge in [0.1, 0.15) is 6.33 Å². The number of aromatic nitrogens is 2. The molecule has 0 aliphatic heterocycles. The van der Waals surface area contributed by atoms with Gasteiger partial charge >= 0.3 is 0 Å². The van der Waals surface area contributed by atoms with Crippen molar-refractivity contribution in [2.45, 2.75) is 0 Å². The van der Waals surface area contributed by atoms with Gasteiger partial charge in [0.15, 0.2) is 0 Å². The molecule has 12 heavy (non-hydrogen) atoms. The van der Waals surface area contributed by atoms with E-state index in [0.29, 0.717) is 10.7 Å². The van der Waals surface area contributed by atoms with E-state index in [1.807, 2.05) is 6.07 Å². The molecule has 1 aromatic heterocycles. The van der Waals surface area contributed by atoms with Gasteiger partial charge in [-0.05, 0) is 18.2 Å². The predicted molar refractivity (Wildman–Crippen MR) is 48.0 cm³/mol. The number of benzene rings is 1. The Labute approximate surface area is 75.2 Å². The maximum absolute atomic E-state index is 5.78. The molecule has 2 radical (unpaired) electrons. The van der Waals surface area contributed by atoms with Crippen molar-refractivity contribution in [2.24, 2.45) is 0 Å². The predicted octanol–water partition coefficient (Wildman–Crippen LogP) is 2.34. The second-order valence-corrected chi connectivity index (χ2v) is 2.86. The van der Waals surface area contributed by atoms with Crippen LogP contribution in [-0.4, -0.2) is 9.97 Å². The van der Waals surface area contributed by atoms with Crippen LogP contribution < -0.4 is 0 Å². The summed E-state index contributed by atoms with van der Waals surface area (Å²) in [6.07, 6.45) is 1.44. The van der Waals surface area contributed by atoms with E-state index in [4.69, 9.17) is 18.5 Å². The summed E-state index contributed by atoms with van der Waals surface area (Å²) < 4.78 is 0. The highest BCUT2D eigenvalue weighted by atomic mass is 35.5. The molecule has 1 aromatic carbocycles. The van der Waals surface area contributed by atoms with Gasteiger partial charge in [0.25, 0.3) is 0 Å². The molecule has 2 rings (SSSR count). The molecule has 0 fully saturated rings. The summed E-state index contributed by atoms with van der Waals surface area (Å²) in [4.78, 5) is 7.89. The van der Waals surface area contributed by atoms with E-state index in [-0.39, 0.29) is 0 Å². The van der Waals surface area contributed by atoms with Crippen LogP contribution in [0.25, 0.3) is 10.9 Å². The standard InChI is InChI=1S/C9H5ClN2/c1-6-8-4-7(10)2-3-9(8)12-5-11-6/h1-5H. The maximum atomic E-state index is 5.78. The van der Waals surface area contributed by atoms with Gasteiger partial charge in [-0.1, -0.05) is 11.6 Å². The first kappa shape index (κ1) is 7.50. The molecule has 0 N–H and O–H groups in total. The normalized spacial score (nSPS) is 10.5. The van der Waals surface area contributed by atoms with Crippen molar-refractivity contribution in [1.82, 2.24) is 9.97 Å². The lowest BCUT2D eigenvalue weighted by atomic mass is 10.2. The smallest absolute Gasteiger partial charge is 0.116 e. The minimum absolute atomic E-state index is 0.461. The summed E-state index contributed by atoms with van der Waals surface area (Å²) >= 11 is 5.78. The summed E-state index contributed by atoms with van der Waals surface area (Å²) in [5.74, 6) is 0. The fraction of sp³-hybridized carbons (Fsp3) is 0. The van der Waals surface area contributed by atoms with Gasteiger partial charge in [-0.15, -0.1) is 0 Å². The van der Waals surface area contributed by atoms with Crippen molar-refractivity contribution in [3.8, 4) is 0 Å². The Kier molecular flexibility index (Phi) is 1.70. The molecule has 0 unspecified atom stereocenters. The third kappa shape index (κ3) is 1.14. The molecule has 1 heterocycles. The van der Waals surface area contributed by atoms with Crippen LogP contribution in [0.3, 0.4) is 0 Å². The van der Waals surface area contributed by atoms with E-state index in [0.717, 1.165) is 10.9 Å². The van der Waals surface area contributed by atoms with E-state index in [1.54, 1.807) is 12.1 Å². The zero-order valence-electron chi connectivity index (χ0n) is 6.16. The Morgan fingerprint density at radius 3 is 2.92 bits per heavy atom. The van der Waals surface area contributed by atoms with E-state index in [1.165, 1.54) is 6.33 Å². The second kappa shape index (κ2) is 2.72. The van der Waals surface area contributed by atoms with Gasteiger partial charge in [0, 0.05) is 17.3 Å². The van der Waals surface area contributed by atoms with Gasteiger partial charge in [0.05, 0.1) is 11.2 Å². The van der Waals surface area contributed by atoms with Crippen molar-refractivity contribution < 1.29 is 0 Å². The number of hydrogen-bond acceptors (Lipinski definition) is 2. The van der Waals surface area contributed by atoms with E-state index in [2.05, 4.69) is 9.97 Å². The van der Waals surface area contributed by atoms with Crippen LogP contribution in [0.4, 0.5) is 0 Å². The average Bonchev–Trinajstić information content (AvgIpc) is 2.07. The molecule has 0 aliphatic rings. The van der Waals surface area contributed by atoms with Crippen LogP contribution >= 0.6 is 11.6 Å². The van der Waals surface area contributed by atoms with Crippen LogP contribution in [0, 0.1) is 6.92 Å².